The van der Waals surface area contributed by atoms with E-state index in [1.54, 1.807) is 48.5 Å². The van der Waals surface area contributed by atoms with Crippen molar-refractivity contribution < 1.29 is 14.4 Å². The monoisotopic (exact) mass is 450 g/mol. The Morgan fingerprint density at radius 2 is 1.47 bits per heavy atom. The lowest BCUT2D eigenvalue weighted by molar-refractivity contribution is -0.120. The van der Waals surface area contributed by atoms with Crippen LogP contribution in [-0.2, 0) is 14.4 Å². The molecular weight excluding hydrogens is 428 g/mol. The fraction of sp³-hybridized carbons (Fsp3) is 0.111. The lowest BCUT2D eigenvalue weighted by Gasteiger charge is -2.15. The number of benzene rings is 3. The van der Waals surface area contributed by atoms with Gasteiger partial charge in [-0.3, -0.25) is 14.4 Å². The molecule has 0 unspecified atom stereocenters. The van der Waals surface area contributed by atoms with E-state index in [1.165, 1.54) is 6.92 Å². The summed E-state index contributed by atoms with van der Waals surface area (Å²) in [4.78, 5) is 39.5. The highest BCUT2D eigenvalue weighted by atomic mass is 16.2. The third-order valence-corrected chi connectivity index (χ3v) is 5.32. The predicted octanol–water partition coefficient (Wildman–Crippen LogP) is 4.53. The van der Waals surface area contributed by atoms with Gasteiger partial charge in [-0.2, -0.15) is 5.26 Å². The molecule has 0 radical (unpaired) electrons. The lowest BCUT2D eigenvalue weighted by Crippen LogP contribution is -2.32. The number of aryl methyl sites for hydroxylation is 2. The van der Waals surface area contributed by atoms with Gasteiger partial charge in [-0.25, -0.2) is 4.90 Å². The number of hydrogen-bond acceptors (Lipinski definition) is 5. The van der Waals surface area contributed by atoms with Crippen LogP contribution < -0.4 is 15.5 Å². The van der Waals surface area contributed by atoms with Gasteiger partial charge >= 0.3 is 0 Å². The van der Waals surface area contributed by atoms with Crippen LogP contribution in [0.2, 0.25) is 0 Å². The zero-order valence-corrected chi connectivity index (χ0v) is 19.0. The normalized spacial score (nSPS) is 13.2. The van der Waals surface area contributed by atoms with Crippen LogP contribution >= 0.6 is 0 Å². The van der Waals surface area contributed by atoms with Crippen molar-refractivity contribution in [1.82, 2.24) is 0 Å². The Labute approximate surface area is 197 Å². The van der Waals surface area contributed by atoms with E-state index in [1.807, 2.05) is 38.1 Å². The summed E-state index contributed by atoms with van der Waals surface area (Å²) in [7, 11) is 0. The summed E-state index contributed by atoms with van der Waals surface area (Å²) in [6, 6.07) is 20.9. The van der Waals surface area contributed by atoms with Gasteiger partial charge in [-0.15, -0.1) is 0 Å². The van der Waals surface area contributed by atoms with E-state index in [2.05, 4.69) is 10.6 Å². The van der Waals surface area contributed by atoms with Crippen LogP contribution in [0.5, 0.6) is 0 Å². The fourth-order valence-corrected chi connectivity index (χ4v) is 3.95. The van der Waals surface area contributed by atoms with E-state index in [4.69, 9.17) is 5.26 Å². The van der Waals surface area contributed by atoms with Crippen molar-refractivity contribution in [3.05, 3.63) is 94.7 Å². The number of amides is 3. The number of imide groups is 1. The molecule has 3 amide bonds. The number of hydrogen-bond donors (Lipinski definition) is 2. The Bertz CT molecular complexity index is 1360. The molecule has 2 N–H and O–H groups in total. The van der Waals surface area contributed by atoms with Crippen molar-refractivity contribution in [3.63, 3.8) is 0 Å². The number of rotatable bonds is 5. The third kappa shape index (κ3) is 4.43. The molecular formula is C27H22N4O3. The first-order valence-electron chi connectivity index (χ1n) is 10.6. The van der Waals surface area contributed by atoms with Crippen molar-refractivity contribution in [3.8, 4) is 6.07 Å². The zero-order valence-electron chi connectivity index (χ0n) is 19.0. The molecule has 0 saturated carbocycles. The van der Waals surface area contributed by atoms with Gasteiger partial charge in [-0.05, 0) is 79.1 Å². The van der Waals surface area contributed by atoms with Crippen molar-refractivity contribution in [1.29, 1.82) is 5.26 Å². The number of nitrogens with zero attached hydrogens (tertiary/aromatic N) is 2. The molecule has 0 fully saturated rings. The van der Waals surface area contributed by atoms with Crippen molar-refractivity contribution in [2.24, 2.45) is 0 Å². The topological polar surface area (TPSA) is 102 Å². The summed E-state index contributed by atoms with van der Waals surface area (Å²) < 4.78 is 0. The first-order chi connectivity index (χ1) is 16.3. The Morgan fingerprint density at radius 3 is 2.03 bits per heavy atom. The van der Waals surface area contributed by atoms with Crippen LogP contribution in [0.1, 0.15) is 29.2 Å². The van der Waals surface area contributed by atoms with Crippen LogP contribution in [0.25, 0.3) is 5.57 Å². The largest absolute Gasteiger partial charge is 0.350 e. The minimum atomic E-state index is -0.491. The van der Waals surface area contributed by atoms with Crippen LogP contribution in [0, 0.1) is 25.2 Å². The third-order valence-electron chi connectivity index (χ3n) is 5.32. The van der Waals surface area contributed by atoms with Gasteiger partial charge in [0.2, 0.25) is 5.91 Å². The van der Waals surface area contributed by atoms with Crippen LogP contribution in [0.4, 0.5) is 17.1 Å². The van der Waals surface area contributed by atoms with E-state index in [-0.39, 0.29) is 17.2 Å². The van der Waals surface area contributed by atoms with Crippen molar-refractivity contribution in [2.45, 2.75) is 20.8 Å². The van der Waals surface area contributed by atoms with Crippen LogP contribution in [0.3, 0.4) is 0 Å². The van der Waals surface area contributed by atoms with Gasteiger partial charge < -0.3 is 10.6 Å². The van der Waals surface area contributed by atoms with Gasteiger partial charge in [0.1, 0.15) is 5.70 Å². The summed E-state index contributed by atoms with van der Waals surface area (Å²) in [5.74, 6) is -1.17. The average molecular weight is 450 g/mol. The Balaban J connectivity index is 1.79. The van der Waals surface area contributed by atoms with Gasteiger partial charge in [0, 0.05) is 18.3 Å². The molecule has 4 rings (SSSR count). The maximum atomic E-state index is 13.5. The second-order valence-electron chi connectivity index (χ2n) is 8.11. The van der Waals surface area contributed by atoms with Crippen molar-refractivity contribution in [2.75, 3.05) is 15.5 Å². The molecule has 3 aromatic rings. The average Bonchev–Trinajstić information content (AvgIpc) is 3.03. The Hall–Kier alpha value is -4.70. The molecule has 168 valence electrons. The highest BCUT2D eigenvalue weighted by Gasteiger charge is 2.40. The molecule has 0 atom stereocenters. The SMILES string of the molecule is CC(=O)Nc1ccc(C2=C(Nc3cc(C)cc(C)c3)C(=O)N(c3ccc(C#N)cc3)C2=O)cc1. The molecule has 7 nitrogen and oxygen atoms in total. The Morgan fingerprint density at radius 1 is 0.853 bits per heavy atom. The molecule has 34 heavy (non-hydrogen) atoms. The molecule has 1 heterocycles. The zero-order chi connectivity index (χ0) is 24.4. The molecule has 1 aliphatic rings. The second-order valence-corrected chi connectivity index (χ2v) is 8.11. The first-order valence-corrected chi connectivity index (χ1v) is 10.6. The number of carbonyl (C=O) groups excluding carboxylic acids is 3. The van der Waals surface area contributed by atoms with Gasteiger partial charge in [0.15, 0.2) is 0 Å². The fourth-order valence-electron chi connectivity index (χ4n) is 3.95. The predicted molar refractivity (Wildman–Crippen MR) is 131 cm³/mol. The quantitative estimate of drug-likeness (QED) is 0.556. The smallest absolute Gasteiger partial charge is 0.282 e. The molecule has 3 aromatic carbocycles. The standard InChI is InChI=1S/C27H22N4O3/c1-16-12-17(2)14-22(13-16)30-25-24(20-6-8-21(9-7-20)29-18(3)32)26(33)31(27(25)34)23-10-4-19(15-28)5-11-23/h4-14,30H,1-3H3,(H,29,32). The van der Waals surface area contributed by atoms with E-state index >= 15 is 0 Å². The van der Waals surface area contributed by atoms with E-state index in [0.717, 1.165) is 16.0 Å². The van der Waals surface area contributed by atoms with E-state index in [9.17, 15) is 14.4 Å². The summed E-state index contributed by atoms with van der Waals surface area (Å²) >= 11 is 0. The van der Waals surface area contributed by atoms with Crippen LogP contribution in [-0.4, -0.2) is 17.7 Å². The maximum absolute atomic E-state index is 13.5. The lowest BCUT2D eigenvalue weighted by atomic mass is 10.0. The minimum Gasteiger partial charge on any atom is -0.350 e. The van der Waals surface area contributed by atoms with Crippen molar-refractivity contribution >= 4 is 40.4 Å². The van der Waals surface area contributed by atoms with Gasteiger partial charge in [0.05, 0.1) is 22.9 Å². The summed E-state index contributed by atoms with van der Waals surface area (Å²) in [5, 5.41) is 14.9. The number of carbonyl (C=O) groups is 3. The molecule has 0 aliphatic carbocycles. The highest BCUT2D eigenvalue weighted by molar-refractivity contribution is 6.46. The molecule has 1 aliphatic heterocycles. The van der Waals surface area contributed by atoms with E-state index < -0.39 is 11.8 Å². The summed E-state index contributed by atoms with van der Waals surface area (Å²) in [6.07, 6.45) is 0. The summed E-state index contributed by atoms with van der Waals surface area (Å²) in [6.45, 7) is 5.33. The molecule has 0 aromatic heterocycles. The first kappa shape index (κ1) is 22.5. The molecule has 0 saturated heterocycles. The molecule has 7 heteroatoms. The minimum absolute atomic E-state index is 0.159. The molecule has 0 spiro atoms. The molecule has 0 bridgehead atoms. The van der Waals surface area contributed by atoms with Gasteiger partial charge in [0.25, 0.3) is 11.8 Å². The second kappa shape index (κ2) is 9.04. The maximum Gasteiger partial charge on any atom is 0.282 e. The van der Waals surface area contributed by atoms with Crippen LogP contribution in [0.15, 0.2) is 72.4 Å². The number of anilines is 3. The van der Waals surface area contributed by atoms with E-state index in [0.29, 0.717) is 28.2 Å². The highest BCUT2D eigenvalue weighted by Crippen LogP contribution is 2.34. The van der Waals surface area contributed by atoms with Gasteiger partial charge in [-0.1, -0.05) is 18.2 Å². The summed E-state index contributed by atoms with van der Waals surface area (Å²) in [5.41, 5.74) is 5.04. The number of nitriles is 1. The number of nitrogens with one attached hydrogen (secondary N) is 2. The Kier molecular flexibility index (Phi) is 5.98.